The lowest BCUT2D eigenvalue weighted by atomic mass is 10.0. The van der Waals surface area contributed by atoms with Gasteiger partial charge in [0.05, 0.1) is 10.1 Å². The van der Waals surface area contributed by atoms with Crippen LogP contribution in [-0.4, -0.2) is 73.2 Å². The molecule has 1 aromatic carbocycles. The predicted molar refractivity (Wildman–Crippen MR) is 121 cm³/mol. The topological polar surface area (TPSA) is 107 Å². The van der Waals surface area contributed by atoms with Gasteiger partial charge in [0.25, 0.3) is 0 Å². The highest BCUT2D eigenvalue weighted by atomic mass is 35.5. The lowest BCUT2D eigenvalue weighted by Crippen LogP contribution is -2.53. The van der Waals surface area contributed by atoms with Gasteiger partial charge in [-0.2, -0.15) is 0 Å². The normalized spacial score (nSPS) is 21.8. The lowest BCUT2D eigenvalue weighted by molar-refractivity contribution is -0.149. The minimum atomic E-state index is -1.02. The number of amides is 1. The van der Waals surface area contributed by atoms with E-state index in [1.165, 1.54) is 4.90 Å². The summed E-state index contributed by atoms with van der Waals surface area (Å²) in [5.41, 5.74) is 1.03. The second-order valence-corrected chi connectivity index (χ2v) is 10.7. The first kappa shape index (κ1) is 24.8. The third kappa shape index (κ3) is 5.84. The molecule has 0 aromatic heterocycles. The van der Waals surface area contributed by atoms with E-state index in [1.807, 2.05) is 30.3 Å². The van der Waals surface area contributed by atoms with Gasteiger partial charge in [-0.25, -0.2) is 4.79 Å². The van der Waals surface area contributed by atoms with Crippen molar-refractivity contribution < 1.29 is 24.6 Å². The molecular formula is C20H27ClN2O5S2. The zero-order chi connectivity index (χ0) is 21.0. The molecule has 1 amide bonds. The van der Waals surface area contributed by atoms with Crippen molar-refractivity contribution in [3.05, 3.63) is 35.9 Å². The number of rotatable bonds is 8. The SMILES string of the molecule is C[C@H](N[C@@H](CCc1ccccc1)C(=O)O)C(=O)N1CC2(C[C@H]1C(=O)O)SCCS2.Cl. The van der Waals surface area contributed by atoms with Crippen LogP contribution in [0.15, 0.2) is 30.3 Å². The van der Waals surface area contributed by atoms with Gasteiger partial charge in [-0.3, -0.25) is 14.9 Å². The van der Waals surface area contributed by atoms with Crippen LogP contribution in [0.3, 0.4) is 0 Å². The molecule has 2 aliphatic heterocycles. The van der Waals surface area contributed by atoms with Crippen LogP contribution in [0, 0.1) is 0 Å². The molecule has 3 atom stereocenters. The molecule has 7 nitrogen and oxygen atoms in total. The van der Waals surface area contributed by atoms with Crippen LogP contribution in [0.5, 0.6) is 0 Å². The maximum absolute atomic E-state index is 13.0. The number of nitrogens with zero attached hydrogens (tertiary/aromatic N) is 1. The number of aryl methyl sites for hydroxylation is 1. The maximum Gasteiger partial charge on any atom is 0.326 e. The number of thioether (sulfide) groups is 2. The smallest absolute Gasteiger partial charge is 0.326 e. The number of benzene rings is 1. The van der Waals surface area contributed by atoms with E-state index in [1.54, 1.807) is 30.4 Å². The number of carboxylic acids is 2. The number of carbonyl (C=O) groups excluding carboxylic acids is 1. The van der Waals surface area contributed by atoms with E-state index in [0.29, 0.717) is 25.8 Å². The van der Waals surface area contributed by atoms with Gasteiger partial charge in [0.1, 0.15) is 12.1 Å². The highest BCUT2D eigenvalue weighted by Gasteiger charge is 2.52. The first-order valence-corrected chi connectivity index (χ1v) is 11.6. The van der Waals surface area contributed by atoms with Crippen molar-refractivity contribution in [3.63, 3.8) is 0 Å². The number of hydrogen-bond acceptors (Lipinski definition) is 6. The van der Waals surface area contributed by atoms with Crippen LogP contribution in [-0.2, 0) is 20.8 Å². The maximum atomic E-state index is 13.0. The molecule has 1 spiro atoms. The summed E-state index contributed by atoms with van der Waals surface area (Å²) in [6, 6.07) is 7.05. The molecule has 0 aliphatic carbocycles. The molecule has 3 N–H and O–H groups in total. The Morgan fingerprint density at radius 3 is 2.40 bits per heavy atom. The van der Waals surface area contributed by atoms with E-state index < -0.39 is 30.1 Å². The molecule has 2 fully saturated rings. The van der Waals surface area contributed by atoms with Gasteiger partial charge in [0, 0.05) is 24.5 Å². The Bertz CT molecular complexity index is 761. The summed E-state index contributed by atoms with van der Waals surface area (Å²) in [6.45, 7) is 1.99. The first-order chi connectivity index (χ1) is 13.8. The molecule has 0 radical (unpaired) electrons. The van der Waals surface area contributed by atoms with Crippen LogP contribution < -0.4 is 5.32 Å². The monoisotopic (exact) mass is 474 g/mol. The van der Waals surface area contributed by atoms with E-state index in [-0.39, 0.29) is 22.4 Å². The summed E-state index contributed by atoms with van der Waals surface area (Å²) in [4.78, 5) is 37.9. The summed E-state index contributed by atoms with van der Waals surface area (Å²) in [5.74, 6) is -0.473. The summed E-state index contributed by atoms with van der Waals surface area (Å²) >= 11 is 3.44. The summed E-state index contributed by atoms with van der Waals surface area (Å²) in [7, 11) is 0. The molecular weight excluding hydrogens is 448 g/mol. The largest absolute Gasteiger partial charge is 0.480 e. The van der Waals surface area contributed by atoms with Gasteiger partial charge in [0.15, 0.2) is 0 Å². The van der Waals surface area contributed by atoms with Crippen molar-refractivity contribution >= 4 is 53.8 Å². The van der Waals surface area contributed by atoms with E-state index in [9.17, 15) is 24.6 Å². The third-order valence-electron chi connectivity index (χ3n) is 5.36. The quantitative estimate of drug-likeness (QED) is 0.527. The van der Waals surface area contributed by atoms with Gasteiger partial charge in [-0.1, -0.05) is 30.3 Å². The van der Waals surface area contributed by atoms with Crippen LogP contribution in [0.4, 0.5) is 0 Å². The van der Waals surface area contributed by atoms with Crippen molar-refractivity contribution in [2.45, 2.75) is 48.4 Å². The molecule has 3 rings (SSSR count). The Kier molecular flexibility index (Phi) is 8.90. The average Bonchev–Trinajstić information content (AvgIpc) is 3.32. The summed E-state index contributed by atoms with van der Waals surface area (Å²) in [5, 5.41) is 22.1. The number of carboxylic acid groups (broad SMARTS) is 2. The second kappa shape index (κ2) is 10.7. The highest BCUT2D eigenvalue weighted by molar-refractivity contribution is 8.21. The zero-order valence-electron chi connectivity index (χ0n) is 16.7. The minimum absolute atomic E-state index is 0. The Balaban J connectivity index is 0.00000320. The summed E-state index contributed by atoms with van der Waals surface area (Å²) < 4.78 is -0.252. The predicted octanol–water partition coefficient (Wildman–Crippen LogP) is 2.33. The molecule has 0 unspecified atom stereocenters. The Morgan fingerprint density at radius 1 is 1.20 bits per heavy atom. The molecule has 0 saturated carbocycles. The molecule has 0 bridgehead atoms. The van der Waals surface area contributed by atoms with Crippen molar-refractivity contribution in [3.8, 4) is 0 Å². The Hall–Kier alpha value is -1.42. The highest BCUT2D eigenvalue weighted by Crippen LogP contribution is 2.51. The Morgan fingerprint density at radius 2 is 1.83 bits per heavy atom. The Labute approximate surface area is 190 Å². The lowest BCUT2D eigenvalue weighted by Gasteiger charge is -2.28. The van der Waals surface area contributed by atoms with E-state index >= 15 is 0 Å². The van der Waals surface area contributed by atoms with Gasteiger partial charge < -0.3 is 15.1 Å². The van der Waals surface area contributed by atoms with Crippen LogP contribution in [0.25, 0.3) is 0 Å². The molecule has 166 valence electrons. The fraction of sp³-hybridized carbons (Fsp3) is 0.550. The molecule has 1 aromatic rings. The second-order valence-electron chi connectivity index (χ2n) is 7.44. The van der Waals surface area contributed by atoms with E-state index in [4.69, 9.17) is 0 Å². The van der Waals surface area contributed by atoms with Gasteiger partial charge in [-0.15, -0.1) is 35.9 Å². The fourth-order valence-corrected chi connectivity index (χ4v) is 7.11. The van der Waals surface area contributed by atoms with Crippen molar-refractivity contribution in [1.29, 1.82) is 0 Å². The number of carbonyl (C=O) groups is 3. The van der Waals surface area contributed by atoms with E-state index in [0.717, 1.165) is 17.1 Å². The first-order valence-electron chi connectivity index (χ1n) is 9.65. The zero-order valence-corrected chi connectivity index (χ0v) is 19.1. The van der Waals surface area contributed by atoms with Crippen molar-refractivity contribution in [2.75, 3.05) is 18.1 Å². The molecule has 2 aliphatic rings. The molecule has 2 heterocycles. The molecule has 30 heavy (non-hydrogen) atoms. The van der Waals surface area contributed by atoms with Crippen LogP contribution in [0.2, 0.25) is 0 Å². The molecule has 2 saturated heterocycles. The number of aliphatic carboxylic acids is 2. The van der Waals surface area contributed by atoms with Crippen LogP contribution >= 0.6 is 35.9 Å². The summed E-state index contributed by atoms with van der Waals surface area (Å²) in [6.07, 6.45) is 1.34. The minimum Gasteiger partial charge on any atom is -0.480 e. The third-order valence-corrected chi connectivity index (χ3v) is 8.78. The number of halogens is 1. The molecule has 10 heteroatoms. The van der Waals surface area contributed by atoms with Crippen LogP contribution in [0.1, 0.15) is 25.3 Å². The standard InChI is InChI=1S/C20H26N2O5S2.ClH/c1-13(21-15(18(24)25)8-7-14-5-3-2-4-6-14)17(23)22-12-20(28-9-10-29-20)11-16(22)19(26)27;/h2-6,13,15-16,21H,7-12H2,1H3,(H,24,25)(H,26,27);1H/t13-,15-,16-;/m0./s1. The number of nitrogens with one attached hydrogen (secondary N) is 1. The van der Waals surface area contributed by atoms with Gasteiger partial charge in [-0.05, 0) is 25.3 Å². The average molecular weight is 475 g/mol. The fourth-order valence-electron chi connectivity index (χ4n) is 3.85. The number of hydrogen-bond donors (Lipinski definition) is 3. The van der Waals surface area contributed by atoms with Gasteiger partial charge >= 0.3 is 11.9 Å². The number of likely N-dealkylation sites (tertiary alicyclic amines) is 1. The van der Waals surface area contributed by atoms with Gasteiger partial charge in [0.2, 0.25) is 5.91 Å². The van der Waals surface area contributed by atoms with Crippen molar-refractivity contribution in [1.82, 2.24) is 10.2 Å². The van der Waals surface area contributed by atoms with E-state index in [2.05, 4.69) is 5.32 Å². The van der Waals surface area contributed by atoms with Crippen molar-refractivity contribution in [2.24, 2.45) is 0 Å².